The van der Waals surface area contributed by atoms with Crippen LogP contribution in [-0.4, -0.2) is 33.4 Å². The first-order valence-corrected chi connectivity index (χ1v) is 6.09. The number of hydrogen-bond acceptors (Lipinski definition) is 4. The first kappa shape index (κ1) is 11.1. The monoisotopic (exact) mass is 237 g/mol. The van der Waals surface area contributed by atoms with E-state index in [0.29, 0.717) is 18.0 Å². The molecule has 5 heteroatoms. The second-order valence-electron chi connectivity index (χ2n) is 4.19. The van der Waals surface area contributed by atoms with Crippen LogP contribution >= 0.6 is 11.3 Å². The number of thiazole rings is 1. The van der Waals surface area contributed by atoms with Gasteiger partial charge in [0.25, 0.3) is 0 Å². The second-order valence-corrected chi connectivity index (χ2v) is 5.04. The van der Waals surface area contributed by atoms with Crippen LogP contribution in [0.25, 0.3) is 5.57 Å². The van der Waals surface area contributed by atoms with Crippen molar-refractivity contribution in [1.29, 1.82) is 5.41 Å². The van der Waals surface area contributed by atoms with Crippen molar-refractivity contribution in [1.82, 2.24) is 9.88 Å². The summed E-state index contributed by atoms with van der Waals surface area (Å²) < 4.78 is 0. The van der Waals surface area contributed by atoms with Gasteiger partial charge in [-0.3, -0.25) is 5.41 Å². The minimum Gasteiger partial charge on any atom is -0.510 e. The summed E-state index contributed by atoms with van der Waals surface area (Å²) in [4.78, 5) is 6.18. The zero-order valence-electron chi connectivity index (χ0n) is 9.61. The molecule has 0 atom stereocenters. The van der Waals surface area contributed by atoms with Crippen molar-refractivity contribution in [2.75, 3.05) is 6.54 Å². The summed E-state index contributed by atoms with van der Waals surface area (Å²) in [5, 5.41) is 20.6. The van der Waals surface area contributed by atoms with Gasteiger partial charge < -0.3 is 10.0 Å². The minimum absolute atomic E-state index is 0.216. The molecule has 0 bridgehead atoms. The maximum atomic E-state index is 9.91. The summed E-state index contributed by atoms with van der Waals surface area (Å²) in [6, 6.07) is 0.216. The molecule has 0 spiro atoms. The molecule has 2 N–H and O–H groups in total. The van der Waals surface area contributed by atoms with Gasteiger partial charge >= 0.3 is 0 Å². The van der Waals surface area contributed by atoms with Gasteiger partial charge in [-0.05, 0) is 20.8 Å². The van der Waals surface area contributed by atoms with E-state index >= 15 is 0 Å². The third-order valence-electron chi connectivity index (χ3n) is 2.59. The van der Waals surface area contributed by atoms with E-state index in [-0.39, 0.29) is 11.8 Å². The van der Waals surface area contributed by atoms with Gasteiger partial charge in [-0.25, -0.2) is 4.98 Å². The summed E-state index contributed by atoms with van der Waals surface area (Å²) in [6.45, 7) is 6.36. The molecule has 1 aromatic rings. The van der Waals surface area contributed by atoms with Gasteiger partial charge in [-0.2, -0.15) is 0 Å². The van der Waals surface area contributed by atoms with Crippen molar-refractivity contribution >= 4 is 22.7 Å². The maximum absolute atomic E-state index is 9.91. The van der Waals surface area contributed by atoms with Crippen LogP contribution in [0.1, 0.15) is 24.5 Å². The Balaban J connectivity index is 2.35. The number of amidine groups is 1. The van der Waals surface area contributed by atoms with E-state index < -0.39 is 0 Å². The van der Waals surface area contributed by atoms with E-state index in [1.54, 1.807) is 0 Å². The van der Waals surface area contributed by atoms with E-state index in [9.17, 15) is 5.11 Å². The molecule has 4 nitrogen and oxygen atoms in total. The number of hydrogen-bond donors (Lipinski definition) is 2. The van der Waals surface area contributed by atoms with Crippen molar-refractivity contribution in [2.24, 2.45) is 0 Å². The lowest BCUT2D eigenvalue weighted by Crippen LogP contribution is -2.33. The lowest BCUT2D eigenvalue weighted by atomic mass is 10.2. The SMILES string of the molecule is Cc1csc(C2=C(O)CN(C(C)C)C2=N)n1. The van der Waals surface area contributed by atoms with E-state index in [2.05, 4.69) is 4.98 Å². The summed E-state index contributed by atoms with van der Waals surface area (Å²) in [5.41, 5.74) is 1.52. The van der Waals surface area contributed by atoms with Crippen molar-refractivity contribution in [3.8, 4) is 0 Å². The van der Waals surface area contributed by atoms with Gasteiger partial charge in [0.1, 0.15) is 16.6 Å². The fourth-order valence-corrected chi connectivity index (χ4v) is 2.60. The highest BCUT2D eigenvalue weighted by molar-refractivity contribution is 7.11. The number of aryl methyl sites for hydroxylation is 1. The van der Waals surface area contributed by atoms with Gasteiger partial charge in [0, 0.05) is 17.1 Å². The van der Waals surface area contributed by atoms with Crippen molar-refractivity contribution in [3.63, 3.8) is 0 Å². The van der Waals surface area contributed by atoms with E-state index in [0.717, 1.165) is 10.7 Å². The van der Waals surface area contributed by atoms with Gasteiger partial charge in [0.2, 0.25) is 0 Å². The fourth-order valence-electron chi connectivity index (χ4n) is 1.73. The molecule has 0 unspecified atom stereocenters. The fraction of sp³-hybridized carbons (Fsp3) is 0.455. The average Bonchev–Trinajstić information content (AvgIpc) is 2.71. The number of aliphatic hydroxyl groups excluding tert-OH is 1. The van der Waals surface area contributed by atoms with Crippen molar-refractivity contribution in [2.45, 2.75) is 26.8 Å². The van der Waals surface area contributed by atoms with Crippen LogP contribution in [0, 0.1) is 12.3 Å². The minimum atomic E-state index is 0.216. The van der Waals surface area contributed by atoms with Crippen LogP contribution in [0.15, 0.2) is 11.1 Å². The van der Waals surface area contributed by atoms with Crippen LogP contribution < -0.4 is 0 Å². The normalized spacial score (nSPS) is 16.8. The van der Waals surface area contributed by atoms with Crippen LogP contribution in [0.4, 0.5) is 0 Å². The molecule has 1 aromatic heterocycles. The Labute approximate surface area is 98.8 Å². The molecule has 2 heterocycles. The van der Waals surface area contributed by atoms with Crippen LogP contribution in [0.5, 0.6) is 0 Å². The number of aromatic nitrogens is 1. The Morgan fingerprint density at radius 3 is 2.69 bits per heavy atom. The van der Waals surface area contributed by atoms with Crippen molar-refractivity contribution in [3.05, 3.63) is 21.8 Å². The van der Waals surface area contributed by atoms with Crippen LogP contribution in [-0.2, 0) is 0 Å². The molecular formula is C11H15N3OS. The van der Waals surface area contributed by atoms with Crippen LogP contribution in [0.2, 0.25) is 0 Å². The predicted octanol–water partition coefficient (Wildman–Crippen LogP) is 2.42. The summed E-state index contributed by atoms with van der Waals surface area (Å²) in [7, 11) is 0. The Morgan fingerprint density at radius 2 is 2.25 bits per heavy atom. The quantitative estimate of drug-likeness (QED) is 0.830. The third-order valence-corrected chi connectivity index (χ3v) is 3.57. The molecule has 0 amide bonds. The molecule has 0 fully saturated rings. The van der Waals surface area contributed by atoms with E-state index in [4.69, 9.17) is 5.41 Å². The maximum Gasteiger partial charge on any atom is 0.135 e. The lowest BCUT2D eigenvalue weighted by Gasteiger charge is -2.22. The third kappa shape index (κ3) is 1.71. The molecule has 0 aliphatic carbocycles. The predicted molar refractivity (Wildman–Crippen MR) is 66.0 cm³/mol. The Bertz CT molecular complexity index is 462. The Kier molecular flexibility index (Phi) is 2.71. The average molecular weight is 237 g/mol. The zero-order valence-corrected chi connectivity index (χ0v) is 10.4. The molecular weight excluding hydrogens is 222 g/mol. The smallest absolute Gasteiger partial charge is 0.135 e. The summed E-state index contributed by atoms with van der Waals surface area (Å²) >= 11 is 1.47. The second kappa shape index (κ2) is 3.90. The zero-order chi connectivity index (χ0) is 11.9. The number of nitrogens with one attached hydrogen (secondary N) is 1. The molecule has 0 saturated heterocycles. The first-order valence-electron chi connectivity index (χ1n) is 5.21. The molecule has 0 saturated carbocycles. The molecule has 0 radical (unpaired) electrons. The highest BCUT2D eigenvalue weighted by atomic mass is 32.1. The molecule has 86 valence electrons. The lowest BCUT2D eigenvalue weighted by molar-refractivity contribution is 0.318. The standard InChI is InChI=1S/C11H15N3OS/c1-6(2)14-4-8(15)9(10(14)12)11-13-7(3)5-16-11/h5-6,12,15H,4H2,1-3H3. The van der Waals surface area contributed by atoms with E-state index in [1.165, 1.54) is 11.3 Å². The number of rotatable bonds is 2. The topological polar surface area (TPSA) is 60.2 Å². The Morgan fingerprint density at radius 1 is 1.56 bits per heavy atom. The summed E-state index contributed by atoms with van der Waals surface area (Å²) in [5.74, 6) is 0.634. The highest BCUT2D eigenvalue weighted by Gasteiger charge is 2.31. The van der Waals surface area contributed by atoms with E-state index in [1.807, 2.05) is 31.1 Å². The largest absolute Gasteiger partial charge is 0.510 e. The molecule has 2 rings (SSSR count). The van der Waals surface area contributed by atoms with Crippen molar-refractivity contribution < 1.29 is 5.11 Å². The number of aliphatic hydroxyl groups is 1. The Hall–Kier alpha value is -1.36. The summed E-state index contributed by atoms with van der Waals surface area (Å²) in [6.07, 6.45) is 0. The highest BCUT2D eigenvalue weighted by Crippen LogP contribution is 2.30. The molecule has 0 aromatic carbocycles. The molecule has 1 aliphatic heterocycles. The van der Waals surface area contributed by atoms with Gasteiger partial charge in [0.05, 0.1) is 12.1 Å². The molecule has 1 aliphatic rings. The molecule has 16 heavy (non-hydrogen) atoms. The van der Waals surface area contributed by atoms with Gasteiger partial charge in [-0.15, -0.1) is 11.3 Å². The van der Waals surface area contributed by atoms with Gasteiger partial charge in [-0.1, -0.05) is 0 Å². The first-order chi connectivity index (χ1) is 7.50. The van der Waals surface area contributed by atoms with Crippen LogP contribution in [0.3, 0.4) is 0 Å². The number of nitrogens with zero attached hydrogens (tertiary/aromatic N) is 2. The van der Waals surface area contributed by atoms with Gasteiger partial charge in [0.15, 0.2) is 0 Å².